The zero-order valence-corrected chi connectivity index (χ0v) is 16.0. The van der Waals surface area contributed by atoms with Gasteiger partial charge in [0.2, 0.25) is 0 Å². The summed E-state index contributed by atoms with van der Waals surface area (Å²) in [5, 5.41) is 14.8. The number of nitrogens with zero attached hydrogens (tertiary/aromatic N) is 5. The number of anilines is 1. The zero-order chi connectivity index (χ0) is 19.1. The Morgan fingerprint density at radius 2 is 2.00 bits per heavy atom. The topological polar surface area (TPSA) is 77.6 Å². The molecule has 2 heterocycles. The van der Waals surface area contributed by atoms with Crippen molar-refractivity contribution in [2.45, 2.75) is 6.92 Å². The van der Waals surface area contributed by atoms with E-state index in [9.17, 15) is 9.18 Å². The highest BCUT2D eigenvalue weighted by Crippen LogP contribution is 2.31. The minimum absolute atomic E-state index is 0.0459. The highest BCUT2D eigenvalue weighted by molar-refractivity contribution is 9.10. The number of carbonyl (C=O) groups is 1. The van der Waals surface area contributed by atoms with Crippen LogP contribution in [0.2, 0.25) is 0 Å². The number of tetrazole rings is 1. The van der Waals surface area contributed by atoms with Crippen LogP contribution in [0.1, 0.15) is 16.3 Å². The van der Waals surface area contributed by atoms with E-state index in [0.29, 0.717) is 21.7 Å². The highest BCUT2D eigenvalue weighted by atomic mass is 79.9. The van der Waals surface area contributed by atoms with E-state index in [-0.39, 0.29) is 5.69 Å². The molecule has 2 aromatic carbocycles. The van der Waals surface area contributed by atoms with E-state index in [4.69, 9.17) is 0 Å². The summed E-state index contributed by atoms with van der Waals surface area (Å²) in [4.78, 5) is 12.9. The van der Waals surface area contributed by atoms with Gasteiger partial charge >= 0.3 is 0 Å². The number of aryl methyl sites for hydroxylation is 2. The Hall–Kier alpha value is -3.07. The van der Waals surface area contributed by atoms with Gasteiger partial charge in [0.15, 0.2) is 5.82 Å². The first-order chi connectivity index (χ1) is 13.0. The summed E-state index contributed by atoms with van der Waals surface area (Å²) in [5.41, 5.74) is 1.89. The maximum atomic E-state index is 14.3. The molecule has 2 aromatic heterocycles. The first-order valence-electron chi connectivity index (χ1n) is 8.06. The van der Waals surface area contributed by atoms with E-state index in [2.05, 4.69) is 36.8 Å². The number of para-hydroxylation sites is 1. The van der Waals surface area contributed by atoms with Crippen LogP contribution in [-0.2, 0) is 7.05 Å². The average molecular weight is 429 g/mol. The molecule has 4 aromatic rings. The van der Waals surface area contributed by atoms with E-state index in [1.54, 1.807) is 24.6 Å². The fourth-order valence-electron chi connectivity index (χ4n) is 2.99. The summed E-state index contributed by atoms with van der Waals surface area (Å²) in [7, 11) is 1.79. The molecule has 0 fully saturated rings. The van der Waals surface area contributed by atoms with Crippen molar-refractivity contribution in [3.8, 4) is 5.69 Å². The van der Waals surface area contributed by atoms with Crippen LogP contribution in [0.5, 0.6) is 0 Å². The summed E-state index contributed by atoms with van der Waals surface area (Å²) in [6.45, 7) is 1.73. The van der Waals surface area contributed by atoms with Crippen LogP contribution in [0.15, 0.2) is 46.9 Å². The lowest BCUT2D eigenvalue weighted by Crippen LogP contribution is -2.17. The number of benzene rings is 2. The van der Waals surface area contributed by atoms with Gasteiger partial charge in [-0.15, -0.1) is 5.10 Å². The number of hydrogen-bond acceptors (Lipinski definition) is 4. The van der Waals surface area contributed by atoms with Crippen LogP contribution in [0.25, 0.3) is 16.6 Å². The van der Waals surface area contributed by atoms with E-state index in [0.717, 1.165) is 10.9 Å². The normalized spacial score (nSPS) is 11.1. The quantitative estimate of drug-likeness (QED) is 0.540. The Labute approximate surface area is 161 Å². The van der Waals surface area contributed by atoms with E-state index < -0.39 is 11.7 Å². The molecular formula is C18H14BrFN6O. The Balaban J connectivity index is 1.73. The number of amides is 1. The molecule has 1 amide bonds. The molecule has 9 heteroatoms. The molecule has 0 unspecified atom stereocenters. The molecule has 1 N–H and O–H groups in total. The average Bonchev–Trinajstić information content (AvgIpc) is 3.19. The van der Waals surface area contributed by atoms with Crippen LogP contribution in [0.4, 0.5) is 10.1 Å². The molecule has 0 saturated heterocycles. The Morgan fingerprint density at radius 1 is 1.22 bits per heavy atom. The second-order valence-electron chi connectivity index (χ2n) is 5.99. The smallest absolute Gasteiger partial charge is 0.273 e. The first kappa shape index (κ1) is 17.3. The number of fused-ring (bicyclic) bond motifs is 1. The van der Waals surface area contributed by atoms with Crippen molar-refractivity contribution >= 4 is 38.4 Å². The number of aromatic nitrogens is 5. The van der Waals surface area contributed by atoms with Crippen molar-refractivity contribution in [3.05, 3.63) is 64.3 Å². The minimum atomic E-state index is -0.548. The van der Waals surface area contributed by atoms with Gasteiger partial charge in [0.25, 0.3) is 5.91 Å². The first-order valence-corrected chi connectivity index (χ1v) is 8.86. The summed E-state index contributed by atoms with van der Waals surface area (Å²) in [6, 6.07) is 11.9. The number of rotatable bonds is 3. The molecule has 0 spiro atoms. The summed E-state index contributed by atoms with van der Waals surface area (Å²) < 4.78 is 18.2. The monoisotopic (exact) mass is 428 g/mol. The Bertz CT molecular complexity index is 1140. The van der Waals surface area contributed by atoms with Crippen LogP contribution in [-0.4, -0.2) is 30.7 Å². The predicted molar refractivity (Wildman–Crippen MR) is 102 cm³/mol. The SMILES string of the molecule is Cc1nnnn1-c1ccc(F)c(NC(=O)c2c(Br)c3ccccc3n2C)c1. The van der Waals surface area contributed by atoms with Gasteiger partial charge in [-0.3, -0.25) is 4.79 Å². The highest BCUT2D eigenvalue weighted by Gasteiger charge is 2.20. The van der Waals surface area contributed by atoms with Crippen molar-refractivity contribution < 1.29 is 9.18 Å². The van der Waals surface area contributed by atoms with Crippen molar-refractivity contribution in [2.24, 2.45) is 7.05 Å². The molecule has 0 bridgehead atoms. The van der Waals surface area contributed by atoms with Crippen molar-refractivity contribution in [3.63, 3.8) is 0 Å². The molecule has 0 radical (unpaired) electrons. The van der Waals surface area contributed by atoms with Crippen molar-refractivity contribution in [1.82, 2.24) is 24.8 Å². The van der Waals surface area contributed by atoms with Gasteiger partial charge < -0.3 is 9.88 Å². The van der Waals surface area contributed by atoms with E-state index in [1.807, 2.05) is 24.3 Å². The number of carbonyl (C=O) groups excluding carboxylic acids is 1. The molecular weight excluding hydrogens is 415 g/mol. The lowest BCUT2D eigenvalue weighted by molar-refractivity contribution is 0.101. The second kappa shape index (κ2) is 6.58. The molecule has 0 saturated carbocycles. The van der Waals surface area contributed by atoms with Gasteiger partial charge in [0.1, 0.15) is 11.5 Å². The molecule has 136 valence electrons. The second-order valence-corrected chi connectivity index (χ2v) is 6.79. The fraction of sp³-hybridized carbons (Fsp3) is 0.111. The summed E-state index contributed by atoms with van der Waals surface area (Å²) in [5.74, 6) is -0.423. The zero-order valence-electron chi connectivity index (χ0n) is 14.4. The van der Waals surface area contributed by atoms with Crippen LogP contribution < -0.4 is 5.32 Å². The molecule has 0 aliphatic heterocycles. The standard InChI is InChI=1S/C18H14BrFN6O/c1-10-22-23-24-26(10)11-7-8-13(20)14(9-11)21-18(27)17-16(19)12-5-3-4-6-15(12)25(17)2/h3-9H,1-2H3,(H,21,27). The molecule has 7 nitrogen and oxygen atoms in total. The maximum Gasteiger partial charge on any atom is 0.273 e. The maximum absolute atomic E-state index is 14.3. The molecule has 0 aliphatic carbocycles. The number of halogens is 2. The van der Waals surface area contributed by atoms with E-state index >= 15 is 0 Å². The van der Waals surface area contributed by atoms with Gasteiger partial charge in [-0.05, 0) is 57.5 Å². The summed E-state index contributed by atoms with van der Waals surface area (Å²) in [6.07, 6.45) is 0. The largest absolute Gasteiger partial charge is 0.339 e. The lowest BCUT2D eigenvalue weighted by atomic mass is 10.2. The number of hydrogen-bond donors (Lipinski definition) is 1. The van der Waals surface area contributed by atoms with Gasteiger partial charge in [-0.2, -0.15) is 4.68 Å². The van der Waals surface area contributed by atoms with Gasteiger partial charge in [0.05, 0.1) is 15.8 Å². The van der Waals surface area contributed by atoms with Crippen LogP contribution in [0, 0.1) is 12.7 Å². The van der Waals surface area contributed by atoms with Gasteiger partial charge in [0, 0.05) is 18.0 Å². The van der Waals surface area contributed by atoms with Crippen LogP contribution >= 0.6 is 15.9 Å². The van der Waals surface area contributed by atoms with Gasteiger partial charge in [-0.1, -0.05) is 18.2 Å². The van der Waals surface area contributed by atoms with Crippen LogP contribution in [0.3, 0.4) is 0 Å². The fourth-order valence-corrected chi connectivity index (χ4v) is 3.77. The predicted octanol–water partition coefficient (Wildman–Crippen LogP) is 3.62. The molecule has 4 rings (SSSR count). The minimum Gasteiger partial charge on any atom is -0.339 e. The van der Waals surface area contributed by atoms with Crippen molar-refractivity contribution in [1.29, 1.82) is 0 Å². The molecule has 27 heavy (non-hydrogen) atoms. The molecule has 0 aliphatic rings. The lowest BCUT2D eigenvalue weighted by Gasteiger charge is -2.10. The molecule has 0 atom stereocenters. The Morgan fingerprint density at radius 3 is 2.70 bits per heavy atom. The third-order valence-corrected chi connectivity index (χ3v) is 5.13. The number of nitrogens with one attached hydrogen (secondary N) is 1. The Kier molecular flexibility index (Phi) is 4.23. The van der Waals surface area contributed by atoms with Crippen molar-refractivity contribution in [2.75, 3.05) is 5.32 Å². The van der Waals surface area contributed by atoms with E-state index in [1.165, 1.54) is 16.8 Å². The third kappa shape index (κ3) is 2.89. The van der Waals surface area contributed by atoms with Gasteiger partial charge in [-0.25, -0.2) is 4.39 Å². The summed E-state index contributed by atoms with van der Waals surface area (Å²) >= 11 is 3.48. The third-order valence-electron chi connectivity index (χ3n) is 4.33.